The molecular formula is C16H20N2O2. The van der Waals surface area contributed by atoms with Crippen LogP contribution < -0.4 is 0 Å². The first-order valence-electron chi connectivity index (χ1n) is 6.84. The van der Waals surface area contributed by atoms with Crippen molar-refractivity contribution in [2.75, 3.05) is 0 Å². The molecule has 0 amide bonds. The van der Waals surface area contributed by atoms with Crippen LogP contribution in [0.1, 0.15) is 35.4 Å². The lowest BCUT2D eigenvalue weighted by molar-refractivity contribution is -0.138. The molecule has 0 saturated carbocycles. The molecule has 1 atom stereocenters. The molecule has 1 unspecified atom stereocenters. The Morgan fingerprint density at radius 2 is 2.10 bits per heavy atom. The Morgan fingerprint density at radius 1 is 1.35 bits per heavy atom. The van der Waals surface area contributed by atoms with Gasteiger partial charge in [-0.3, -0.25) is 9.48 Å². The fraction of sp³-hybridized carbons (Fsp3) is 0.375. The van der Waals surface area contributed by atoms with E-state index in [4.69, 9.17) is 0 Å². The largest absolute Gasteiger partial charge is 0.481 e. The van der Waals surface area contributed by atoms with Crippen LogP contribution in [-0.2, 0) is 17.8 Å². The van der Waals surface area contributed by atoms with Crippen molar-refractivity contribution in [1.29, 1.82) is 0 Å². The minimum absolute atomic E-state index is 0.466. The zero-order valence-electron chi connectivity index (χ0n) is 12.1. The number of hydrogen-bond donors (Lipinski definition) is 1. The van der Waals surface area contributed by atoms with Gasteiger partial charge in [0.15, 0.2) is 0 Å². The molecule has 0 spiro atoms. The molecule has 0 aliphatic carbocycles. The van der Waals surface area contributed by atoms with Crippen molar-refractivity contribution in [3.05, 3.63) is 52.8 Å². The van der Waals surface area contributed by atoms with Gasteiger partial charge in [-0.25, -0.2) is 0 Å². The van der Waals surface area contributed by atoms with Gasteiger partial charge in [0.05, 0.1) is 11.6 Å². The van der Waals surface area contributed by atoms with Gasteiger partial charge in [-0.2, -0.15) is 5.10 Å². The van der Waals surface area contributed by atoms with Crippen molar-refractivity contribution in [1.82, 2.24) is 9.78 Å². The van der Waals surface area contributed by atoms with Crippen LogP contribution in [0.5, 0.6) is 0 Å². The summed E-state index contributed by atoms with van der Waals surface area (Å²) in [6.45, 7) is 6.67. The molecule has 0 saturated heterocycles. The minimum atomic E-state index is -0.794. The van der Waals surface area contributed by atoms with E-state index in [1.54, 1.807) is 0 Å². The Morgan fingerprint density at radius 3 is 2.70 bits per heavy atom. The highest BCUT2D eigenvalue weighted by molar-refractivity contribution is 5.76. The van der Waals surface area contributed by atoms with E-state index in [0.717, 1.165) is 29.1 Å². The molecule has 0 radical (unpaired) electrons. The summed E-state index contributed by atoms with van der Waals surface area (Å²) in [5.41, 5.74) is 3.82. The number of aryl methyl sites for hydroxylation is 3. The number of rotatable bonds is 5. The lowest BCUT2D eigenvalue weighted by Gasteiger charge is -2.14. The summed E-state index contributed by atoms with van der Waals surface area (Å²) in [6.07, 6.45) is 0.466. The Kier molecular flexibility index (Phi) is 4.23. The maximum atomic E-state index is 11.6. The van der Waals surface area contributed by atoms with Crippen molar-refractivity contribution in [2.45, 2.75) is 39.7 Å². The Balaban J connectivity index is 2.33. The third-order valence-electron chi connectivity index (χ3n) is 3.44. The van der Waals surface area contributed by atoms with Gasteiger partial charge in [0.25, 0.3) is 0 Å². The Bertz CT molecular complexity index is 617. The molecule has 1 N–H and O–H groups in total. The molecule has 0 aliphatic heterocycles. The van der Waals surface area contributed by atoms with Gasteiger partial charge in [0, 0.05) is 18.7 Å². The fourth-order valence-electron chi connectivity index (χ4n) is 2.48. The molecule has 20 heavy (non-hydrogen) atoms. The van der Waals surface area contributed by atoms with Gasteiger partial charge < -0.3 is 5.11 Å². The Hall–Kier alpha value is -2.10. The number of hydrogen-bond acceptors (Lipinski definition) is 2. The molecular weight excluding hydrogens is 252 g/mol. The average Bonchev–Trinajstić information content (AvgIpc) is 2.75. The first-order valence-corrected chi connectivity index (χ1v) is 6.84. The van der Waals surface area contributed by atoms with E-state index in [1.807, 2.05) is 55.8 Å². The average molecular weight is 272 g/mol. The second-order valence-corrected chi connectivity index (χ2v) is 5.10. The molecule has 2 aromatic rings. The van der Waals surface area contributed by atoms with Crippen LogP contribution in [0.3, 0.4) is 0 Å². The van der Waals surface area contributed by atoms with Crippen molar-refractivity contribution >= 4 is 5.97 Å². The first kappa shape index (κ1) is 14.3. The number of carbonyl (C=O) groups is 1. The topological polar surface area (TPSA) is 55.1 Å². The molecule has 4 heteroatoms. The summed E-state index contributed by atoms with van der Waals surface area (Å²) in [5, 5.41) is 13.9. The van der Waals surface area contributed by atoms with Crippen molar-refractivity contribution < 1.29 is 9.90 Å². The molecule has 4 nitrogen and oxygen atoms in total. The van der Waals surface area contributed by atoms with E-state index < -0.39 is 11.9 Å². The van der Waals surface area contributed by atoms with Crippen molar-refractivity contribution in [3.63, 3.8) is 0 Å². The number of aromatic nitrogens is 2. The second-order valence-electron chi connectivity index (χ2n) is 5.10. The fourth-order valence-corrected chi connectivity index (χ4v) is 2.48. The highest BCUT2D eigenvalue weighted by Gasteiger charge is 2.22. The van der Waals surface area contributed by atoms with Gasteiger partial charge in [-0.05, 0) is 32.4 Å². The van der Waals surface area contributed by atoms with Crippen molar-refractivity contribution in [3.8, 4) is 0 Å². The van der Waals surface area contributed by atoms with Crippen LogP contribution in [0.4, 0.5) is 0 Å². The van der Waals surface area contributed by atoms with Crippen LogP contribution in [0.25, 0.3) is 0 Å². The third kappa shape index (κ3) is 3.07. The standard InChI is InChI=1S/C16H20N2O2/c1-4-18-14(9-12(3)17-18)10-15(16(19)20)13-7-5-6-11(2)8-13/h5-9,15H,4,10H2,1-3H3,(H,19,20). The van der Waals surface area contributed by atoms with E-state index in [1.165, 1.54) is 0 Å². The molecule has 0 fully saturated rings. The van der Waals surface area contributed by atoms with Gasteiger partial charge in [-0.15, -0.1) is 0 Å². The molecule has 1 aromatic heterocycles. The minimum Gasteiger partial charge on any atom is -0.481 e. The SMILES string of the molecule is CCn1nc(C)cc1CC(C(=O)O)c1cccc(C)c1. The quantitative estimate of drug-likeness (QED) is 0.910. The molecule has 106 valence electrons. The third-order valence-corrected chi connectivity index (χ3v) is 3.44. The highest BCUT2D eigenvalue weighted by atomic mass is 16.4. The smallest absolute Gasteiger partial charge is 0.311 e. The first-order chi connectivity index (χ1) is 9.51. The van der Waals surface area contributed by atoms with Crippen molar-refractivity contribution in [2.24, 2.45) is 0 Å². The molecule has 1 heterocycles. The number of benzene rings is 1. The highest BCUT2D eigenvalue weighted by Crippen LogP contribution is 2.23. The van der Waals surface area contributed by atoms with E-state index >= 15 is 0 Å². The molecule has 1 aromatic carbocycles. The Labute approximate surface area is 119 Å². The van der Waals surface area contributed by atoms with Crippen LogP contribution in [0.15, 0.2) is 30.3 Å². The summed E-state index contributed by atoms with van der Waals surface area (Å²) in [4.78, 5) is 11.6. The summed E-state index contributed by atoms with van der Waals surface area (Å²) in [6, 6.07) is 9.67. The summed E-state index contributed by atoms with van der Waals surface area (Å²) in [5.74, 6) is -1.33. The van der Waals surface area contributed by atoms with Gasteiger partial charge in [0.2, 0.25) is 0 Å². The number of carboxylic acids is 1. The van der Waals surface area contributed by atoms with Crippen LogP contribution in [0, 0.1) is 13.8 Å². The second kappa shape index (κ2) is 5.90. The van der Waals surface area contributed by atoms with E-state index in [0.29, 0.717) is 6.42 Å². The number of aliphatic carboxylic acids is 1. The normalized spacial score (nSPS) is 12.3. The van der Waals surface area contributed by atoms with E-state index in [9.17, 15) is 9.90 Å². The predicted molar refractivity (Wildman–Crippen MR) is 77.9 cm³/mol. The maximum absolute atomic E-state index is 11.6. The van der Waals surface area contributed by atoms with Gasteiger partial charge in [0.1, 0.15) is 0 Å². The van der Waals surface area contributed by atoms with Crippen LogP contribution in [0.2, 0.25) is 0 Å². The van der Waals surface area contributed by atoms with Crippen LogP contribution in [-0.4, -0.2) is 20.9 Å². The monoisotopic (exact) mass is 272 g/mol. The van der Waals surface area contributed by atoms with E-state index in [-0.39, 0.29) is 0 Å². The van der Waals surface area contributed by atoms with E-state index in [2.05, 4.69) is 5.10 Å². The van der Waals surface area contributed by atoms with Gasteiger partial charge >= 0.3 is 5.97 Å². The molecule has 0 aliphatic rings. The molecule has 0 bridgehead atoms. The zero-order valence-corrected chi connectivity index (χ0v) is 12.1. The summed E-state index contributed by atoms with van der Waals surface area (Å²) in [7, 11) is 0. The number of nitrogens with zero attached hydrogens (tertiary/aromatic N) is 2. The summed E-state index contributed by atoms with van der Waals surface area (Å²) < 4.78 is 1.88. The maximum Gasteiger partial charge on any atom is 0.311 e. The van der Waals surface area contributed by atoms with Crippen LogP contribution >= 0.6 is 0 Å². The zero-order chi connectivity index (χ0) is 14.7. The van der Waals surface area contributed by atoms with Gasteiger partial charge in [-0.1, -0.05) is 29.8 Å². The lowest BCUT2D eigenvalue weighted by atomic mass is 9.93. The summed E-state index contributed by atoms with van der Waals surface area (Å²) >= 11 is 0. The number of carboxylic acid groups (broad SMARTS) is 1. The lowest BCUT2D eigenvalue weighted by Crippen LogP contribution is -2.17. The molecule has 2 rings (SSSR count). The predicted octanol–water partition coefficient (Wildman–Crippen LogP) is 2.93.